The van der Waals surface area contributed by atoms with Crippen LogP contribution in [0.3, 0.4) is 0 Å². The van der Waals surface area contributed by atoms with Crippen molar-refractivity contribution in [1.82, 2.24) is 5.32 Å². The van der Waals surface area contributed by atoms with E-state index in [1.165, 1.54) is 38.5 Å². The van der Waals surface area contributed by atoms with E-state index in [9.17, 15) is 0 Å². The van der Waals surface area contributed by atoms with E-state index in [1.54, 1.807) is 0 Å². The molecule has 2 unspecified atom stereocenters. The highest BCUT2D eigenvalue weighted by Crippen LogP contribution is 2.16. The third-order valence-corrected chi connectivity index (χ3v) is 3.09. The lowest BCUT2D eigenvalue weighted by atomic mass is 9.97. The molecule has 1 fully saturated rings. The van der Waals surface area contributed by atoms with Crippen molar-refractivity contribution in [1.29, 1.82) is 0 Å². The smallest absolute Gasteiger partial charge is 0.0968 e. The Hall–Kier alpha value is -0.0800. The molecule has 0 radical (unpaired) electrons. The molecule has 1 aliphatic heterocycles. The quantitative estimate of drug-likeness (QED) is 0.680. The van der Waals surface area contributed by atoms with E-state index < -0.39 is 0 Å². The Morgan fingerprint density at radius 2 is 2.14 bits per heavy atom. The molecule has 1 heterocycles. The predicted octanol–water partition coefficient (Wildman–Crippen LogP) is 2.93. The van der Waals surface area contributed by atoms with E-state index in [0.29, 0.717) is 6.04 Å². The van der Waals surface area contributed by atoms with Crippen LogP contribution in [0, 0.1) is 5.92 Å². The van der Waals surface area contributed by atoms with E-state index in [-0.39, 0.29) is 0 Å². The van der Waals surface area contributed by atoms with Crippen molar-refractivity contribution in [2.24, 2.45) is 5.92 Å². The maximum absolute atomic E-state index is 5.27. The molecule has 0 saturated carbocycles. The van der Waals surface area contributed by atoms with Gasteiger partial charge in [-0.25, -0.2) is 0 Å². The van der Waals surface area contributed by atoms with Crippen molar-refractivity contribution < 1.29 is 4.74 Å². The number of rotatable bonds is 7. The average Bonchev–Trinajstić information content (AvgIpc) is 2.67. The van der Waals surface area contributed by atoms with Gasteiger partial charge in [-0.15, -0.1) is 0 Å². The van der Waals surface area contributed by atoms with Crippen LogP contribution < -0.4 is 5.32 Å². The van der Waals surface area contributed by atoms with Crippen LogP contribution in [0.2, 0.25) is 0 Å². The molecule has 1 saturated heterocycles. The zero-order valence-corrected chi connectivity index (χ0v) is 9.72. The lowest BCUT2D eigenvalue weighted by molar-refractivity contribution is 0.188. The Kier molecular flexibility index (Phi) is 6.20. The zero-order chi connectivity index (χ0) is 10.2. The third kappa shape index (κ3) is 4.97. The van der Waals surface area contributed by atoms with Gasteiger partial charge in [0, 0.05) is 6.04 Å². The largest absolute Gasteiger partial charge is 0.365 e. The first-order valence-corrected chi connectivity index (χ1v) is 6.14. The highest BCUT2D eigenvalue weighted by molar-refractivity contribution is 4.69. The van der Waals surface area contributed by atoms with E-state index >= 15 is 0 Å². The van der Waals surface area contributed by atoms with Gasteiger partial charge in [-0.3, -0.25) is 5.32 Å². The first-order valence-electron chi connectivity index (χ1n) is 6.14. The molecule has 0 aromatic carbocycles. The Bertz CT molecular complexity index is 132. The monoisotopic (exact) mass is 199 g/mol. The summed E-state index contributed by atoms with van der Waals surface area (Å²) in [6, 6.07) is 0.633. The summed E-state index contributed by atoms with van der Waals surface area (Å²) < 4.78 is 5.27. The molecule has 1 N–H and O–H groups in total. The second-order valence-electron chi connectivity index (χ2n) is 4.59. The molecular formula is C12H25NO. The summed E-state index contributed by atoms with van der Waals surface area (Å²) in [4.78, 5) is 0. The minimum Gasteiger partial charge on any atom is -0.365 e. The highest BCUT2D eigenvalue weighted by Gasteiger charge is 2.13. The summed E-state index contributed by atoms with van der Waals surface area (Å²) in [6.07, 6.45) is 8.17. The Balaban J connectivity index is 1.91. The SMILES string of the molecule is CCCCC(C)CCCC1COCN1. The number of hydrogen-bond donors (Lipinski definition) is 1. The van der Waals surface area contributed by atoms with Crippen LogP contribution >= 0.6 is 0 Å². The topological polar surface area (TPSA) is 21.3 Å². The van der Waals surface area contributed by atoms with E-state index in [4.69, 9.17) is 4.74 Å². The second kappa shape index (κ2) is 7.24. The van der Waals surface area contributed by atoms with Crippen LogP contribution in [0.4, 0.5) is 0 Å². The first kappa shape index (κ1) is 12.0. The summed E-state index contributed by atoms with van der Waals surface area (Å²) in [5, 5.41) is 3.35. The van der Waals surface area contributed by atoms with Gasteiger partial charge in [-0.2, -0.15) is 0 Å². The molecule has 1 rings (SSSR count). The van der Waals surface area contributed by atoms with Crippen molar-refractivity contribution in [2.45, 2.75) is 58.4 Å². The minimum absolute atomic E-state index is 0.633. The Labute approximate surface area is 88.4 Å². The number of nitrogens with one attached hydrogen (secondary N) is 1. The molecule has 14 heavy (non-hydrogen) atoms. The van der Waals surface area contributed by atoms with E-state index in [0.717, 1.165) is 19.3 Å². The van der Waals surface area contributed by atoms with Crippen molar-refractivity contribution in [3.63, 3.8) is 0 Å². The summed E-state index contributed by atoms with van der Waals surface area (Å²) in [5.41, 5.74) is 0. The molecule has 2 atom stereocenters. The summed E-state index contributed by atoms with van der Waals surface area (Å²) in [7, 11) is 0. The molecule has 1 aliphatic rings. The van der Waals surface area contributed by atoms with Crippen LogP contribution in [0.25, 0.3) is 0 Å². The molecular weight excluding hydrogens is 174 g/mol. The fraction of sp³-hybridized carbons (Fsp3) is 1.00. The van der Waals surface area contributed by atoms with Crippen molar-refractivity contribution in [3.05, 3.63) is 0 Å². The average molecular weight is 199 g/mol. The number of ether oxygens (including phenoxy) is 1. The lowest BCUT2D eigenvalue weighted by Crippen LogP contribution is -2.23. The second-order valence-corrected chi connectivity index (χ2v) is 4.59. The fourth-order valence-electron chi connectivity index (χ4n) is 2.03. The lowest BCUT2D eigenvalue weighted by Gasteiger charge is -2.12. The van der Waals surface area contributed by atoms with Crippen molar-refractivity contribution in [3.8, 4) is 0 Å². The molecule has 0 aromatic heterocycles. The molecule has 0 amide bonds. The summed E-state index contributed by atoms with van der Waals surface area (Å²) in [6.45, 7) is 6.33. The Morgan fingerprint density at radius 3 is 2.79 bits per heavy atom. The van der Waals surface area contributed by atoms with Gasteiger partial charge in [0.15, 0.2) is 0 Å². The van der Waals surface area contributed by atoms with Crippen molar-refractivity contribution >= 4 is 0 Å². The van der Waals surface area contributed by atoms with Gasteiger partial charge in [0.2, 0.25) is 0 Å². The standard InChI is InChI=1S/C12H25NO/c1-3-4-6-11(2)7-5-8-12-9-14-10-13-12/h11-13H,3-10H2,1-2H3. The molecule has 84 valence electrons. The summed E-state index contributed by atoms with van der Waals surface area (Å²) in [5.74, 6) is 0.914. The van der Waals surface area contributed by atoms with E-state index in [2.05, 4.69) is 19.2 Å². The molecule has 2 nitrogen and oxygen atoms in total. The molecule has 0 bridgehead atoms. The predicted molar refractivity (Wildman–Crippen MR) is 60.3 cm³/mol. The van der Waals surface area contributed by atoms with Gasteiger partial charge < -0.3 is 4.74 Å². The molecule has 0 aliphatic carbocycles. The van der Waals surface area contributed by atoms with Gasteiger partial charge in [0.1, 0.15) is 0 Å². The van der Waals surface area contributed by atoms with Gasteiger partial charge in [-0.1, -0.05) is 46.0 Å². The third-order valence-electron chi connectivity index (χ3n) is 3.09. The highest BCUT2D eigenvalue weighted by atomic mass is 16.5. The van der Waals surface area contributed by atoms with E-state index in [1.807, 2.05) is 0 Å². The van der Waals surface area contributed by atoms with Crippen LogP contribution in [-0.2, 0) is 4.74 Å². The number of hydrogen-bond acceptors (Lipinski definition) is 2. The molecule has 0 aromatic rings. The molecule has 2 heteroatoms. The minimum atomic E-state index is 0.633. The van der Waals surface area contributed by atoms with Gasteiger partial charge in [-0.05, 0) is 12.3 Å². The molecule has 0 spiro atoms. The van der Waals surface area contributed by atoms with Gasteiger partial charge in [0.25, 0.3) is 0 Å². The maximum Gasteiger partial charge on any atom is 0.0968 e. The van der Waals surface area contributed by atoms with Gasteiger partial charge >= 0.3 is 0 Å². The zero-order valence-electron chi connectivity index (χ0n) is 9.72. The number of unbranched alkanes of at least 4 members (excludes halogenated alkanes) is 1. The van der Waals surface area contributed by atoms with Gasteiger partial charge in [0.05, 0.1) is 13.3 Å². The first-order chi connectivity index (χ1) is 6.83. The van der Waals surface area contributed by atoms with Crippen LogP contribution in [0.5, 0.6) is 0 Å². The Morgan fingerprint density at radius 1 is 1.36 bits per heavy atom. The summed E-state index contributed by atoms with van der Waals surface area (Å²) >= 11 is 0. The normalized spacial score (nSPS) is 24.0. The van der Waals surface area contributed by atoms with Crippen LogP contribution in [0.1, 0.15) is 52.4 Å². The maximum atomic E-state index is 5.27. The van der Waals surface area contributed by atoms with Crippen molar-refractivity contribution in [2.75, 3.05) is 13.3 Å². The van der Waals surface area contributed by atoms with Crippen LogP contribution in [0.15, 0.2) is 0 Å². The van der Waals surface area contributed by atoms with Crippen LogP contribution in [-0.4, -0.2) is 19.4 Å². The fourth-order valence-corrected chi connectivity index (χ4v) is 2.03.